The second-order valence-corrected chi connectivity index (χ2v) is 4.19. The maximum absolute atomic E-state index is 5.83. The van der Waals surface area contributed by atoms with Gasteiger partial charge in [0.15, 0.2) is 0 Å². The molecule has 2 aromatic heterocycles. The van der Waals surface area contributed by atoms with Crippen LogP contribution in [-0.4, -0.2) is 21.8 Å². The summed E-state index contributed by atoms with van der Waals surface area (Å²) in [5, 5.41) is 8.34. The zero-order valence-electron chi connectivity index (χ0n) is 10.6. The molecule has 2 heterocycles. The van der Waals surface area contributed by atoms with Gasteiger partial charge in [-0.15, -0.1) is 0 Å². The maximum Gasteiger partial charge on any atom is 0.213 e. The van der Waals surface area contributed by atoms with Crippen LogP contribution >= 0.6 is 0 Å². The van der Waals surface area contributed by atoms with E-state index in [0.29, 0.717) is 18.2 Å². The maximum atomic E-state index is 5.83. The predicted octanol–water partition coefficient (Wildman–Crippen LogP) is 2.61. The van der Waals surface area contributed by atoms with Gasteiger partial charge in [-0.25, -0.2) is 4.98 Å². The second kappa shape index (κ2) is 4.61. The first-order valence-electron chi connectivity index (χ1n) is 6.10. The number of nitrogen functional groups attached to an aromatic ring is 1. The molecule has 0 fully saturated rings. The van der Waals surface area contributed by atoms with E-state index < -0.39 is 0 Å². The van der Waals surface area contributed by atoms with Gasteiger partial charge >= 0.3 is 0 Å². The van der Waals surface area contributed by atoms with Crippen LogP contribution in [0, 0.1) is 0 Å². The molecule has 0 unspecified atom stereocenters. The standard InChI is InChI=1S/C14H14N4O/c1-2-19-13-7-9(5-6-16-13)14-11-8-10(15)3-4-12(11)17-18-14/h3-8H,2,15H2,1H3,(H,17,18). The number of fused-ring (bicyclic) bond motifs is 1. The minimum Gasteiger partial charge on any atom is -0.478 e. The van der Waals surface area contributed by atoms with Crippen molar-refractivity contribution >= 4 is 16.6 Å². The number of aromatic amines is 1. The van der Waals surface area contributed by atoms with Crippen LogP contribution in [-0.2, 0) is 0 Å². The first-order chi connectivity index (χ1) is 9.28. The molecule has 1 aromatic carbocycles. The molecule has 3 N–H and O–H groups in total. The fraction of sp³-hybridized carbons (Fsp3) is 0.143. The fourth-order valence-electron chi connectivity index (χ4n) is 2.04. The van der Waals surface area contributed by atoms with Gasteiger partial charge < -0.3 is 10.5 Å². The van der Waals surface area contributed by atoms with Crippen LogP contribution in [0.3, 0.4) is 0 Å². The molecule has 0 radical (unpaired) electrons. The topological polar surface area (TPSA) is 76.8 Å². The van der Waals surface area contributed by atoms with Gasteiger partial charge in [-0.3, -0.25) is 5.10 Å². The first kappa shape index (κ1) is 11.5. The lowest BCUT2D eigenvalue weighted by molar-refractivity contribution is 0.327. The summed E-state index contributed by atoms with van der Waals surface area (Å²) in [5.41, 5.74) is 9.31. The third kappa shape index (κ3) is 2.10. The number of ether oxygens (including phenoxy) is 1. The Hall–Kier alpha value is -2.56. The molecule has 19 heavy (non-hydrogen) atoms. The molecule has 5 nitrogen and oxygen atoms in total. The molecule has 0 bridgehead atoms. The van der Waals surface area contributed by atoms with E-state index in [2.05, 4.69) is 15.2 Å². The van der Waals surface area contributed by atoms with Crippen molar-refractivity contribution < 1.29 is 4.74 Å². The van der Waals surface area contributed by atoms with E-state index >= 15 is 0 Å². The normalized spacial score (nSPS) is 10.8. The van der Waals surface area contributed by atoms with Crippen LogP contribution in [0.25, 0.3) is 22.2 Å². The summed E-state index contributed by atoms with van der Waals surface area (Å²) in [6.45, 7) is 2.52. The first-order valence-corrected chi connectivity index (χ1v) is 6.10. The van der Waals surface area contributed by atoms with Crippen LogP contribution in [0.15, 0.2) is 36.5 Å². The van der Waals surface area contributed by atoms with Gasteiger partial charge in [0.05, 0.1) is 12.1 Å². The third-order valence-corrected chi connectivity index (χ3v) is 2.89. The monoisotopic (exact) mass is 254 g/mol. The van der Waals surface area contributed by atoms with Crippen LogP contribution in [0.5, 0.6) is 5.88 Å². The summed E-state index contributed by atoms with van der Waals surface area (Å²) in [5.74, 6) is 0.597. The van der Waals surface area contributed by atoms with Crippen molar-refractivity contribution in [3.63, 3.8) is 0 Å². The highest BCUT2D eigenvalue weighted by Crippen LogP contribution is 2.28. The lowest BCUT2D eigenvalue weighted by Gasteiger charge is -2.03. The minimum atomic E-state index is 0.588. The molecule has 0 aliphatic carbocycles. The molecular formula is C14H14N4O. The molecule has 0 saturated heterocycles. The zero-order valence-corrected chi connectivity index (χ0v) is 10.6. The average Bonchev–Trinajstić information content (AvgIpc) is 2.82. The number of pyridine rings is 1. The van der Waals surface area contributed by atoms with Crippen molar-refractivity contribution in [1.82, 2.24) is 15.2 Å². The van der Waals surface area contributed by atoms with Crippen molar-refractivity contribution in [2.24, 2.45) is 0 Å². The molecule has 0 spiro atoms. The number of hydrogen-bond acceptors (Lipinski definition) is 4. The summed E-state index contributed by atoms with van der Waals surface area (Å²) < 4.78 is 5.41. The van der Waals surface area contributed by atoms with E-state index in [1.165, 1.54) is 0 Å². The average molecular weight is 254 g/mol. The van der Waals surface area contributed by atoms with Crippen molar-refractivity contribution in [3.8, 4) is 17.1 Å². The molecule has 0 saturated carbocycles. The summed E-state index contributed by atoms with van der Waals surface area (Å²) in [7, 11) is 0. The van der Waals surface area contributed by atoms with Gasteiger partial charge in [-0.05, 0) is 31.2 Å². The Labute approximate surface area is 110 Å². The lowest BCUT2D eigenvalue weighted by Crippen LogP contribution is -1.94. The minimum absolute atomic E-state index is 0.588. The highest BCUT2D eigenvalue weighted by Gasteiger charge is 2.09. The summed E-state index contributed by atoms with van der Waals surface area (Å²) in [4.78, 5) is 4.15. The van der Waals surface area contributed by atoms with Crippen molar-refractivity contribution in [2.45, 2.75) is 6.92 Å². The number of H-pyrrole nitrogens is 1. The van der Waals surface area contributed by atoms with Crippen molar-refractivity contribution in [1.29, 1.82) is 0 Å². The zero-order chi connectivity index (χ0) is 13.2. The molecule has 0 aliphatic rings. The van der Waals surface area contributed by atoms with Crippen LogP contribution in [0.1, 0.15) is 6.92 Å². The molecule has 0 aliphatic heterocycles. The summed E-state index contributed by atoms with van der Waals surface area (Å²) in [6, 6.07) is 9.47. The SMILES string of the molecule is CCOc1cc(-c2n[nH]c3ccc(N)cc23)ccn1. The number of rotatable bonds is 3. The highest BCUT2D eigenvalue weighted by molar-refractivity contribution is 5.94. The molecule has 3 aromatic rings. The van der Waals surface area contributed by atoms with E-state index in [1.807, 2.05) is 37.3 Å². The largest absolute Gasteiger partial charge is 0.478 e. The van der Waals surface area contributed by atoms with Gasteiger partial charge in [-0.2, -0.15) is 5.10 Å². The number of anilines is 1. The lowest BCUT2D eigenvalue weighted by atomic mass is 10.1. The Bertz CT molecular complexity index is 720. The summed E-state index contributed by atoms with van der Waals surface area (Å²) in [6.07, 6.45) is 1.72. The Morgan fingerprint density at radius 2 is 2.16 bits per heavy atom. The highest BCUT2D eigenvalue weighted by atomic mass is 16.5. The van der Waals surface area contributed by atoms with Gasteiger partial charge in [0.1, 0.15) is 5.69 Å². The van der Waals surface area contributed by atoms with Crippen LogP contribution < -0.4 is 10.5 Å². The molecular weight excluding hydrogens is 240 g/mol. The number of benzene rings is 1. The van der Waals surface area contributed by atoms with E-state index in [0.717, 1.165) is 22.2 Å². The Morgan fingerprint density at radius 1 is 1.26 bits per heavy atom. The van der Waals surface area contributed by atoms with Gasteiger partial charge in [0.25, 0.3) is 0 Å². The number of aromatic nitrogens is 3. The van der Waals surface area contributed by atoms with Gasteiger partial charge in [0, 0.05) is 28.9 Å². The predicted molar refractivity (Wildman–Crippen MR) is 74.9 cm³/mol. The third-order valence-electron chi connectivity index (χ3n) is 2.89. The molecule has 0 atom stereocenters. The summed E-state index contributed by atoms with van der Waals surface area (Å²) >= 11 is 0. The van der Waals surface area contributed by atoms with Crippen molar-refractivity contribution in [3.05, 3.63) is 36.5 Å². The Kier molecular flexibility index (Phi) is 2.79. The second-order valence-electron chi connectivity index (χ2n) is 4.19. The smallest absolute Gasteiger partial charge is 0.213 e. The Balaban J connectivity index is 2.13. The Morgan fingerprint density at radius 3 is 3.00 bits per heavy atom. The number of nitrogens with one attached hydrogen (secondary N) is 1. The molecule has 96 valence electrons. The van der Waals surface area contributed by atoms with Crippen LogP contribution in [0.4, 0.5) is 5.69 Å². The van der Waals surface area contributed by atoms with Gasteiger partial charge in [-0.1, -0.05) is 0 Å². The fourth-order valence-corrected chi connectivity index (χ4v) is 2.04. The van der Waals surface area contributed by atoms with E-state index in [-0.39, 0.29) is 0 Å². The molecule has 0 amide bonds. The van der Waals surface area contributed by atoms with Crippen LogP contribution in [0.2, 0.25) is 0 Å². The van der Waals surface area contributed by atoms with E-state index in [9.17, 15) is 0 Å². The number of hydrogen-bond donors (Lipinski definition) is 2. The van der Waals surface area contributed by atoms with Crippen molar-refractivity contribution in [2.75, 3.05) is 12.3 Å². The number of nitrogens with zero attached hydrogens (tertiary/aromatic N) is 2. The van der Waals surface area contributed by atoms with E-state index in [1.54, 1.807) is 6.20 Å². The van der Waals surface area contributed by atoms with Gasteiger partial charge in [0.2, 0.25) is 5.88 Å². The molecule has 5 heteroatoms. The van der Waals surface area contributed by atoms with E-state index in [4.69, 9.17) is 10.5 Å². The molecule has 3 rings (SSSR count). The number of nitrogens with two attached hydrogens (primary N) is 1. The quantitative estimate of drug-likeness (QED) is 0.704.